The van der Waals surface area contributed by atoms with Gasteiger partial charge in [-0.15, -0.1) is 0 Å². The fraction of sp³-hybridized carbons (Fsp3) is 0.649. The Hall–Kier alpha value is -4.93. The summed E-state index contributed by atoms with van der Waals surface area (Å²) >= 11 is 0. The van der Waals surface area contributed by atoms with Crippen LogP contribution in [0, 0.1) is 11.8 Å². The van der Waals surface area contributed by atoms with Gasteiger partial charge in [0.25, 0.3) is 0 Å². The lowest BCUT2D eigenvalue weighted by Crippen LogP contribution is -2.65. The third-order valence-electron chi connectivity index (χ3n) is 10.1. The van der Waals surface area contributed by atoms with Crippen molar-refractivity contribution in [3.63, 3.8) is 0 Å². The Morgan fingerprint density at radius 1 is 0.963 bits per heavy atom. The van der Waals surface area contributed by atoms with E-state index in [-0.39, 0.29) is 29.6 Å². The minimum atomic E-state index is -1.17. The van der Waals surface area contributed by atoms with Gasteiger partial charge in [-0.1, -0.05) is 19.9 Å². The summed E-state index contributed by atoms with van der Waals surface area (Å²) in [5.41, 5.74) is 1.86. The lowest BCUT2D eigenvalue weighted by molar-refractivity contribution is -0.142. The molecule has 1 saturated heterocycles. The van der Waals surface area contributed by atoms with Crippen LogP contribution in [0.1, 0.15) is 71.4 Å². The molecule has 2 bridgehead atoms. The lowest BCUT2D eigenvalue weighted by atomic mass is 9.52. The Morgan fingerprint density at radius 2 is 1.56 bits per heavy atom. The molecule has 2 heterocycles. The number of carbonyl (C=O) groups excluding carboxylic acids is 6. The lowest BCUT2D eigenvalue weighted by Gasteiger charge is -2.57. The number of hydrogen-bond donors (Lipinski definition) is 6. The summed E-state index contributed by atoms with van der Waals surface area (Å²) in [7, 11) is 3.91. The molecule has 0 radical (unpaired) electrons. The number of hydrogen-bond acceptors (Lipinski definition) is 11. The molecule has 54 heavy (non-hydrogen) atoms. The van der Waals surface area contributed by atoms with Gasteiger partial charge in [-0.25, -0.2) is 9.59 Å². The number of rotatable bonds is 13. The van der Waals surface area contributed by atoms with Gasteiger partial charge in [0.15, 0.2) is 23.4 Å². The summed E-state index contributed by atoms with van der Waals surface area (Å²) in [6.45, 7) is 7.93. The maximum absolute atomic E-state index is 12.6. The number of nitrogens with one attached hydrogen (secondary N) is 5. The second-order valence-corrected chi connectivity index (χ2v) is 15.6. The van der Waals surface area contributed by atoms with Crippen molar-refractivity contribution in [2.45, 2.75) is 95.9 Å². The first-order valence-corrected chi connectivity index (χ1v) is 18.2. The van der Waals surface area contributed by atoms with E-state index in [1.165, 1.54) is 11.1 Å². The first-order valence-electron chi connectivity index (χ1n) is 18.2. The monoisotopic (exact) mass is 758 g/mol. The van der Waals surface area contributed by atoms with Gasteiger partial charge >= 0.3 is 12.1 Å². The van der Waals surface area contributed by atoms with Crippen molar-refractivity contribution in [1.82, 2.24) is 31.5 Å². The summed E-state index contributed by atoms with van der Waals surface area (Å²) in [4.78, 5) is 84.4. The number of carboxylic acid groups (broad SMARTS) is 1. The van der Waals surface area contributed by atoms with Crippen LogP contribution in [0.5, 0.6) is 11.5 Å². The van der Waals surface area contributed by atoms with Crippen LogP contribution in [-0.4, -0.2) is 122 Å². The van der Waals surface area contributed by atoms with E-state index in [2.05, 4.69) is 44.6 Å². The number of likely N-dealkylation sites (N-methyl/N-ethyl adjacent to an activating group) is 1. The zero-order chi connectivity index (χ0) is 40.0. The maximum Gasteiger partial charge on any atom is 0.408 e. The number of ketones is 1. The van der Waals surface area contributed by atoms with Gasteiger partial charge in [0.1, 0.15) is 18.2 Å². The van der Waals surface area contributed by atoms with Crippen LogP contribution in [-0.2, 0) is 45.3 Å². The number of nitrogens with zero attached hydrogens (tertiary/aromatic N) is 1. The first kappa shape index (κ1) is 41.8. The number of alkyl carbamates (subject to hydrolysis) is 1. The van der Waals surface area contributed by atoms with E-state index >= 15 is 0 Å². The highest BCUT2D eigenvalue weighted by molar-refractivity contribution is 5.92. The van der Waals surface area contributed by atoms with E-state index < -0.39 is 73.5 Å². The van der Waals surface area contributed by atoms with Crippen molar-refractivity contribution in [2.24, 2.45) is 11.8 Å². The second-order valence-electron chi connectivity index (χ2n) is 15.6. The van der Waals surface area contributed by atoms with Crippen molar-refractivity contribution in [1.29, 1.82) is 0 Å². The molecule has 1 spiro atoms. The van der Waals surface area contributed by atoms with Crippen molar-refractivity contribution in [2.75, 3.05) is 46.9 Å². The fourth-order valence-electron chi connectivity index (χ4n) is 7.80. The number of aliphatic carboxylic acids is 1. The zero-order valence-corrected chi connectivity index (χ0v) is 32.1. The molecule has 2 aliphatic carbocycles. The van der Waals surface area contributed by atoms with Crippen LogP contribution in [0.4, 0.5) is 4.79 Å². The number of likely N-dealkylation sites (tertiary alicyclic amines) is 1. The summed E-state index contributed by atoms with van der Waals surface area (Å²) in [6.07, 6.45) is 2.93. The normalized spacial score (nSPS) is 22.6. The maximum atomic E-state index is 12.6. The summed E-state index contributed by atoms with van der Waals surface area (Å²) in [5, 5.41) is 20.3. The molecule has 6 N–H and O–H groups in total. The summed E-state index contributed by atoms with van der Waals surface area (Å²) in [5.74, 6) is -1.33. The molecule has 298 valence electrons. The minimum absolute atomic E-state index is 0.0507. The Kier molecular flexibility index (Phi) is 13.5. The van der Waals surface area contributed by atoms with E-state index in [0.29, 0.717) is 18.4 Å². The van der Waals surface area contributed by atoms with Gasteiger partial charge in [-0.2, -0.15) is 0 Å². The van der Waals surface area contributed by atoms with E-state index in [1.807, 2.05) is 19.9 Å². The van der Waals surface area contributed by atoms with E-state index in [0.717, 1.165) is 37.3 Å². The van der Waals surface area contributed by atoms with Crippen molar-refractivity contribution in [3.8, 4) is 11.5 Å². The van der Waals surface area contributed by atoms with Gasteiger partial charge in [0, 0.05) is 23.4 Å². The average molecular weight is 759 g/mol. The van der Waals surface area contributed by atoms with Crippen LogP contribution in [0.3, 0.4) is 0 Å². The third kappa shape index (κ3) is 9.98. The summed E-state index contributed by atoms with van der Waals surface area (Å²) in [6, 6.07) is 3.67. The molecular weight excluding hydrogens is 704 g/mol. The highest BCUT2D eigenvalue weighted by Crippen LogP contribution is 2.63. The standard InChI is InChI=1S/C19H33N5O8.C18H21NO3/c1-11(2)6-12(17(29)30)24-16(28)10-22-14(26)8-20-13(25)7-21-15(27)9-23-18(31)32-19(3,4)5;1-19-8-7-18-11-4-5-13(20)17(18)22-16-14(21-2)6-3-10(15(16)18)9-12(11)19/h11-12H,6-10H2,1-5H3,(H,20,25)(H,21,27)(H,22,26)(H,23,31)(H,24,28)(H,29,30);3,6,11-12,17H,4-5,7-9H2,1-2H3/t12-;11-,12+,17-,18-/m00/s1. The highest BCUT2D eigenvalue weighted by Gasteiger charge is 2.65. The number of carboxylic acids is 1. The van der Waals surface area contributed by atoms with Crippen LogP contribution >= 0.6 is 0 Å². The Morgan fingerprint density at radius 3 is 2.11 bits per heavy atom. The molecule has 0 aromatic heterocycles. The Labute approximate surface area is 315 Å². The molecule has 1 aromatic rings. The number of methoxy groups -OCH3 is 1. The zero-order valence-electron chi connectivity index (χ0n) is 32.1. The number of ether oxygens (including phenoxy) is 3. The molecule has 1 aromatic carbocycles. The smallest absolute Gasteiger partial charge is 0.408 e. The first-order chi connectivity index (χ1) is 25.4. The predicted molar refractivity (Wildman–Crippen MR) is 194 cm³/mol. The SMILES string of the molecule is CC(C)C[C@H](NC(=O)CNC(=O)CNC(=O)CNC(=O)CNC(=O)OC(C)(C)C)C(=O)O.COc1ccc2c3c1O[C@H]1C(=O)CC[C@H]4[C@@H](C2)N(C)CC[C@]314. The molecule has 1 saturated carbocycles. The van der Waals surface area contributed by atoms with Gasteiger partial charge in [0.2, 0.25) is 23.6 Å². The Bertz CT molecular complexity index is 1630. The van der Waals surface area contributed by atoms with Gasteiger partial charge < -0.3 is 50.8 Å². The van der Waals surface area contributed by atoms with Crippen LogP contribution in [0.25, 0.3) is 0 Å². The molecule has 5 amide bonds. The van der Waals surface area contributed by atoms with Crippen LogP contribution in [0.15, 0.2) is 12.1 Å². The van der Waals surface area contributed by atoms with Gasteiger partial charge in [-0.3, -0.25) is 24.0 Å². The molecule has 17 heteroatoms. The third-order valence-corrected chi connectivity index (χ3v) is 10.1. The molecule has 5 atom stereocenters. The fourth-order valence-corrected chi connectivity index (χ4v) is 7.80. The van der Waals surface area contributed by atoms with Crippen molar-refractivity contribution in [3.05, 3.63) is 23.3 Å². The van der Waals surface area contributed by atoms with Gasteiger partial charge in [0.05, 0.1) is 26.7 Å². The predicted octanol–water partition coefficient (Wildman–Crippen LogP) is 0.409. The van der Waals surface area contributed by atoms with Gasteiger partial charge in [-0.05, 0) is 83.5 Å². The number of piperidine rings is 1. The molecule has 2 aliphatic heterocycles. The van der Waals surface area contributed by atoms with E-state index in [4.69, 9.17) is 19.3 Å². The summed E-state index contributed by atoms with van der Waals surface area (Å²) < 4.78 is 16.7. The highest BCUT2D eigenvalue weighted by atomic mass is 16.6. The average Bonchev–Trinajstić information content (AvgIpc) is 3.45. The Balaban J connectivity index is 0.000000253. The molecule has 4 aliphatic rings. The van der Waals surface area contributed by atoms with Crippen LogP contribution in [0.2, 0.25) is 0 Å². The molecule has 17 nitrogen and oxygen atoms in total. The molecule has 0 unspecified atom stereocenters. The second kappa shape index (κ2) is 17.5. The number of carbonyl (C=O) groups is 7. The number of Topliss-reactive ketones (excluding diaryl/α,β-unsaturated/α-hetero) is 1. The largest absolute Gasteiger partial charge is 0.493 e. The van der Waals surface area contributed by atoms with Crippen molar-refractivity contribution >= 4 is 41.5 Å². The molecular formula is C37H54N6O11. The molecule has 2 fully saturated rings. The topological polar surface area (TPSA) is 231 Å². The van der Waals surface area contributed by atoms with Crippen molar-refractivity contribution < 1.29 is 52.9 Å². The number of amides is 5. The van der Waals surface area contributed by atoms with E-state index in [1.54, 1.807) is 27.9 Å². The van der Waals surface area contributed by atoms with Crippen LogP contribution < -0.4 is 36.1 Å². The van der Waals surface area contributed by atoms with E-state index in [9.17, 15) is 33.6 Å². The minimum Gasteiger partial charge on any atom is -0.493 e. The quantitative estimate of drug-likeness (QED) is 0.161. The number of benzene rings is 1. The molecule has 5 rings (SSSR count).